The summed E-state index contributed by atoms with van der Waals surface area (Å²) in [6, 6.07) is 3.10. The summed E-state index contributed by atoms with van der Waals surface area (Å²) in [7, 11) is -3.47. The van der Waals surface area contributed by atoms with Crippen LogP contribution in [0.25, 0.3) is 0 Å². The molecule has 3 rings (SSSR count). The summed E-state index contributed by atoms with van der Waals surface area (Å²) in [5, 5.41) is 10.2. The number of rotatable bonds is 1. The molecule has 96 valence electrons. The molecule has 0 fully saturated rings. The first-order chi connectivity index (χ1) is 8.44. The van der Waals surface area contributed by atoms with E-state index in [1.165, 1.54) is 17.3 Å². The van der Waals surface area contributed by atoms with Crippen molar-refractivity contribution in [2.24, 2.45) is 0 Å². The average molecular weight is 268 g/mol. The van der Waals surface area contributed by atoms with Gasteiger partial charge in [0.1, 0.15) is 5.25 Å². The van der Waals surface area contributed by atoms with Gasteiger partial charge in [0.05, 0.1) is 16.2 Å². The maximum Gasteiger partial charge on any atom is 0.276 e. The third-order valence-electron chi connectivity index (χ3n) is 3.69. The molecule has 0 amide bonds. The van der Waals surface area contributed by atoms with Crippen LogP contribution in [0.2, 0.25) is 0 Å². The zero-order chi connectivity index (χ0) is 13.1. The van der Waals surface area contributed by atoms with Crippen molar-refractivity contribution >= 4 is 21.4 Å². The van der Waals surface area contributed by atoms with Crippen LogP contribution in [0.15, 0.2) is 12.1 Å². The number of benzene rings is 1. The Hall–Kier alpha value is -1.63. The van der Waals surface area contributed by atoms with Crippen LogP contribution in [0.1, 0.15) is 29.7 Å². The molecule has 0 saturated carbocycles. The Balaban J connectivity index is 2.38. The maximum atomic E-state index is 12.2. The van der Waals surface area contributed by atoms with Crippen molar-refractivity contribution in [3.63, 3.8) is 0 Å². The summed E-state index contributed by atoms with van der Waals surface area (Å²) in [5.41, 5.74) is 1.73. The van der Waals surface area contributed by atoms with Crippen molar-refractivity contribution in [3.05, 3.63) is 33.4 Å². The second-order valence-corrected chi connectivity index (χ2v) is 6.80. The number of hydrogen-bond donors (Lipinski definition) is 0. The predicted octanol–water partition coefficient (Wildman–Crippen LogP) is 1.75. The van der Waals surface area contributed by atoms with Crippen LogP contribution >= 0.6 is 0 Å². The van der Waals surface area contributed by atoms with Gasteiger partial charge in [0.25, 0.3) is 5.69 Å². The van der Waals surface area contributed by atoms with Gasteiger partial charge in [-0.2, -0.15) is 0 Å². The van der Waals surface area contributed by atoms with Crippen LogP contribution in [0.3, 0.4) is 0 Å². The normalized spacial score (nSPS) is 23.8. The molecule has 0 N–H and O–H groups in total. The first-order valence-corrected chi connectivity index (χ1v) is 7.26. The molecule has 0 saturated heterocycles. The van der Waals surface area contributed by atoms with Crippen molar-refractivity contribution in [1.29, 1.82) is 0 Å². The van der Waals surface area contributed by atoms with Crippen LogP contribution in [0, 0.1) is 10.1 Å². The van der Waals surface area contributed by atoms with E-state index in [2.05, 4.69) is 0 Å². The highest BCUT2D eigenvalue weighted by molar-refractivity contribution is 7.93. The van der Waals surface area contributed by atoms with E-state index in [0.717, 1.165) is 18.4 Å². The average Bonchev–Trinajstić information content (AvgIpc) is 2.53. The SMILES string of the molecule is CC1c2c([N+](=O)[O-])ccc3c2N(CCC3)S1(=O)=O. The topological polar surface area (TPSA) is 80.5 Å². The molecule has 0 aliphatic carbocycles. The number of aryl methyl sites for hydroxylation is 1. The van der Waals surface area contributed by atoms with Crippen LogP contribution in [0.4, 0.5) is 11.4 Å². The molecule has 1 aromatic rings. The minimum atomic E-state index is -3.47. The van der Waals surface area contributed by atoms with E-state index in [1.807, 2.05) is 0 Å². The highest BCUT2D eigenvalue weighted by atomic mass is 32.2. The van der Waals surface area contributed by atoms with Crippen molar-refractivity contribution < 1.29 is 13.3 Å². The Kier molecular flexibility index (Phi) is 2.19. The molecular formula is C11H12N2O4S. The lowest BCUT2D eigenvalue weighted by Crippen LogP contribution is -2.32. The highest BCUT2D eigenvalue weighted by Crippen LogP contribution is 2.50. The van der Waals surface area contributed by atoms with Crippen molar-refractivity contribution in [2.45, 2.75) is 25.0 Å². The first-order valence-electron chi connectivity index (χ1n) is 5.76. The van der Waals surface area contributed by atoms with Gasteiger partial charge in [0, 0.05) is 12.6 Å². The lowest BCUT2D eigenvalue weighted by Gasteiger charge is -2.25. The molecular weight excluding hydrogens is 256 g/mol. The van der Waals surface area contributed by atoms with E-state index in [9.17, 15) is 18.5 Å². The summed E-state index contributed by atoms with van der Waals surface area (Å²) < 4.78 is 25.8. The molecule has 2 aliphatic heterocycles. The maximum absolute atomic E-state index is 12.2. The van der Waals surface area contributed by atoms with Crippen molar-refractivity contribution in [3.8, 4) is 0 Å². The zero-order valence-electron chi connectivity index (χ0n) is 9.79. The molecule has 1 aromatic carbocycles. The molecule has 1 atom stereocenters. The molecule has 2 aliphatic rings. The molecule has 0 aromatic heterocycles. The molecule has 0 spiro atoms. The Morgan fingerprint density at radius 1 is 1.44 bits per heavy atom. The largest absolute Gasteiger partial charge is 0.276 e. The number of nitro benzene ring substituents is 1. The molecule has 6 nitrogen and oxygen atoms in total. The molecule has 18 heavy (non-hydrogen) atoms. The van der Waals surface area contributed by atoms with Gasteiger partial charge in [-0.15, -0.1) is 0 Å². The van der Waals surface area contributed by atoms with Gasteiger partial charge in [0.15, 0.2) is 0 Å². The number of anilines is 1. The van der Waals surface area contributed by atoms with E-state index in [1.54, 1.807) is 6.07 Å². The van der Waals surface area contributed by atoms with Crippen molar-refractivity contribution in [1.82, 2.24) is 0 Å². The van der Waals surface area contributed by atoms with Gasteiger partial charge in [-0.3, -0.25) is 14.4 Å². The third kappa shape index (κ3) is 1.25. The zero-order valence-corrected chi connectivity index (χ0v) is 10.6. The van der Waals surface area contributed by atoms with Gasteiger partial charge in [-0.05, 0) is 25.3 Å². The molecule has 1 unspecified atom stereocenters. The van der Waals surface area contributed by atoms with Gasteiger partial charge in [-0.1, -0.05) is 6.07 Å². The second kappa shape index (κ2) is 3.44. The fourth-order valence-electron chi connectivity index (χ4n) is 2.82. The minimum Gasteiger partial charge on any atom is -0.269 e. The van der Waals surface area contributed by atoms with Crippen LogP contribution in [-0.2, 0) is 16.4 Å². The summed E-state index contributed by atoms with van der Waals surface area (Å²) in [5.74, 6) is 0. The summed E-state index contributed by atoms with van der Waals surface area (Å²) >= 11 is 0. The second-order valence-electron chi connectivity index (χ2n) is 4.63. The van der Waals surface area contributed by atoms with Crippen molar-refractivity contribution in [2.75, 3.05) is 10.8 Å². The first kappa shape index (κ1) is 11.5. The fraction of sp³-hybridized carbons (Fsp3) is 0.455. The van der Waals surface area contributed by atoms with Gasteiger partial charge < -0.3 is 0 Å². The Bertz CT molecular complexity index is 653. The molecule has 0 radical (unpaired) electrons. The number of nitrogens with zero attached hydrogens (tertiary/aromatic N) is 2. The Morgan fingerprint density at radius 3 is 2.83 bits per heavy atom. The van der Waals surface area contributed by atoms with E-state index < -0.39 is 20.2 Å². The quantitative estimate of drug-likeness (QED) is 0.574. The lowest BCUT2D eigenvalue weighted by molar-refractivity contribution is -0.385. The van der Waals surface area contributed by atoms with Crippen LogP contribution < -0.4 is 4.31 Å². The van der Waals surface area contributed by atoms with Gasteiger partial charge >= 0.3 is 0 Å². The van der Waals surface area contributed by atoms with E-state index in [-0.39, 0.29) is 5.69 Å². The summed E-state index contributed by atoms with van der Waals surface area (Å²) in [6.07, 6.45) is 1.54. The number of hydrogen-bond acceptors (Lipinski definition) is 4. The summed E-state index contributed by atoms with van der Waals surface area (Å²) in [4.78, 5) is 10.5. The monoisotopic (exact) mass is 268 g/mol. The Labute approximate surface area is 104 Å². The smallest absolute Gasteiger partial charge is 0.269 e. The van der Waals surface area contributed by atoms with E-state index in [4.69, 9.17) is 0 Å². The summed E-state index contributed by atoms with van der Waals surface area (Å²) in [6.45, 7) is 1.95. The standard InChI is InChI=1S/C11H12N2O4S/c1-7-10-9(13(14)15)5-4-8-3-2-6-12(11(8)10)18(7,16)17/h4-5,7H,2-3,6H2,1H3. The highest BCUT2D eigenvalue weighted by Gasteiger charge is 2.46. The Morgan fingerprint density at radius 2 is 2.17 bits per heavy atom. The van der Waals surface area contributed by atoms with E-state index >= 15 is 0 Å². The number of sulfonamides is 1. The third-order valence-corrected chi connectivity index (χ3v) is 5.80. The molecule has 2 heterocycles. The van der Waals surface area contributed by atoms with Gasteiger partial charge in [0.2, 0.25) is 10.0 Å². The number of nitro groups is 1. The lowest BCUT2D eigenvalue weighted by atomic mass is 9.97. The minimum absolute atomic E-state index is 0.0887. The van der Waals surface area contributed by atoms with Crippen LogP contribution in [-0.4, -0.2) is 19.9 Å². The molecule has 7 heteroatoms. The van der Waals surface area contributed by atoms with E-state index in [0.29, 0.717) is 17.8 Å². The van der Waals surface area contributed by atoms with Crippen LogP contribution in [0.5, 0.6) is 0 Å². The predicted molar refractivity (Wildman–Crippen MR) is 66.1 cm³/mol. The van der Waals surface area contributed by atoms with Gasteiger partial charge in [-0.25, -0.2) is 8.42 Å². The molecule has 0 bridgehead atoms. The fourth-order valence-corrected chi connectivity index (χ4v) is 4.58.